The monoisotopic (exact) mass is 306 g/mol. The predicted molar refractivity (Wildman–Crippen MR) is 87.2 cm³/mol. The van der Waals surface area contributed by atoms with Crippen molar-refractivity contribution < 1.29 is 14.6 Å². The number of urea groups is 1. The highest BCUT2D eigenvalue weighted by Crippen LogP contribution is 2.18. The minimum atomic E-state index is -0.451. The van der Waals surface area contributed by atoms with Gasteiger partial charge >= 0.3 is 6.03 Å². The average molecular weight is 306 g/mol. The Morgan fingerprint density at radius 1 is 1.55 bits per heavy atom. The smallest absolute Gasteiger partial charge is 0.322 e. The highest BCUT2D eigenvalue weighted by atomic mass is 16.5. The summed E-state index contributed by atoms with van der Waals surface area (Å²) in [5.41, 5.74) is 3.29. The molecule has 1 aliphatic rings. The number of rotatable bonds is 4. The van der Waals surface area contributed by atoms with Crippen LogP contribution in [0.1, 0.15) is 31.4 Å². The van der Waals surface area contributed by atoms with Crippen LogP contribution in [0, 0.1) is 6.92 Å². The third kappa shape index (κ3) is 4.21. The van der Waals surface area contributed by atoms with Gasteiger partial charge in [-0.05, 0) is 49.9 Å². The summed E-state index contributed by atoms with van der Waals surface area (Å²) in [5.74, 6) is 0. The molecule has 2 rings (SSSR count). The van der Waals surface area contributed by atoms with Crippen LogP contribution in [0.15, 0.2) is 18.2 Å². The molecule has 2 amide bonds. The van der Waals surface area contributed by atoms with Gasteiger partial charge in [0.15, 0.2) is 0 Å². The lowest BCUT2D eigenvalue weighted by Crippen LogP contribution is -2.51. The van der Waals surface area contributed by atoms with E-state index in [4.69, 9.17) is 4.74 Å². The molecular formula is C17H26N2O3. The first-order valence-corrected chi connectivity index (χ1v) is 7.94. The summed E-state index contributed by atoms with van der Waals surface area (Å²) in [6.45, 7) is 7.48. The van der Waals surface area contributed by atoms with Gasteiger partial charge in [-0.2, -0.15) is 0 Å². The van der Waals surface area contributed by atoms with Crippen molar-refractivity contribution in [2.45, 2.75) is 45.8 Å². The summed E-state index contributed by atoms with van der Waals surface area (Å²) >= 11 is 0. The van der Waals surface area contributed by atoms with E-state index in [2.05, 4.69) is 19.2 Å². The van der Waals surface area contributed by atoms with Crippen molar-refractivity contribution in [3.05, 3.63) is 29.3 Å². The number of aryl methyl sites for hydroxylation is 2. The van der Waals surface area contributed by atoms with E-state index in [9.17, 15) is 9.90 Å². The fourth-order valence-corrected chi connectivity index (χ4v) is 2.84. The maximum absolute atomic E-state index is 12.5. The highest BCUT2D eigenvalue weighted by Gasteiger charge is 2.28. The van der Waals surface area contributed by atoms with Crippen molar-refractivity contribution in [1.82, 2.24) is 4.90 Å². The van der Waals surface area contributed by atoms with Crippen LogP contribution in [0.25, 0.3) is 0 Å². The number of anilines is 1. The molecule has 5 heteroatoms. The molecule has 1 aromatic carbocycles. The number of nitrogens with one attached hydrogen (secondary N) is 1. The van der Waals surface area contributed by atoms with Gasteiger partial charge in [0.1, 0.15) is 0 Å². The Bertz CT molecular complexity index is 517. The second-order valence-corrected chi connectivity index (χ2v) is 5.93. The van der Waals surface area contributed by atoms with Crippen molar-refractivity contribution >= 4 is 11.7 Å². The Balaban J connectivity index is 2.06. The summed E-state index contributed by atoms with van der Waals surface area (Å²) in [4.78, 5) is 14.3. The van der Waals surface area contributed by atoms with Gasteiger partial charge in [-0.1, -0.05) is 13.0 Å². The lowest BCUT2D eigenvalue weighted by Gasteiger charge is -2.36. The largest absolute Gasteiger partial charge is 0.393 e. The van der Waals surface area contributed by atoms with E-state index in [0.29, 0.717) is 26.2 Å². The zero-order chi connectivity index (χ0) is 16.1. The van der Waals surface area contributed by atoms with Gasteiger partial charge in [-0.25, -0.2) is 4.79 Å². The zero-order valence-corrected chi connectivity index (χ0v) is 13.6. The van der Waals surface area contributed by atoms with Crippen LogP contribution < -0.4 is 5.32 Å². The van der Waals surface area contributed by atoms with E-state index >= 15 is 0 Å². The molecule has 1 saturated heterocycles. The molecule has 0 bridgehead atoms. The summed E-state index contributed by atoms with van der Waals surface area (Å²) in [6.07, 6.45) is 1.02. The van der Waals surface area contributed by atoms with E-state index in [-0.39, 0.29) is 12.1 Å². The average Bonchev–Trinajstić information content (AvgIpc) is 2.49. The number of hydrogen-bond acceptors (Lipinski definition) is 3. The van der Waals surface area contributed by atoms with Gasteiger partial charge in [0, 0.05) is 12.2 Å². The topological polar surface area (TPSA) is 61.8 Å². The van der Waals surface area contributed by atoms with Crippen molar-refractivity contribution in [3.63, 3.8) is 0 Å². The molecule has 0 unspecified atom stereocenters. The molecule has 1 fully saturated rings. The Morgan fingerprint density at radius 3 is 3.00 bits per heavy atom. The lowest BCUT2D eigenvalue weighted by molar-refractivity contribution is -0.00160. The molecule has 2 atom stereocenters. The third-order valence-corrected chi connectivity index (χ3v) is 4.08. The maximum Gasteiger partial charge on any atom is 0.322 e. The number of carbonyl (C=O) groups is 1. The highest BCUT2D eigenvalue weighted by molar-refractivity contribution is 5.89. The number of morpholine rings is 1. The summed E-state index contributed by atoms with van der Waals surface area (Å²) in [5, 5.41) is 12.5. The first-order valence-electron chi connectivity index (χ1n) is 7.94. The first kappa shape index (κ1) is 16.8. The van der Waals surface area contributed by atoms with Gasteiger partial charge in [-0.15, -0.1) is 0 Å². The van der Waals surface area contributed by atoms with Crippen LogP contribution in [0.3, 0.4) is 0 Å². The molecule has 0 saturated carbocycles. The molecule has 1 heterocycles. The Kier molecular flexibility index (Phi) is 5.80. The van der Waals surface area contributed by atoms with Crippen LogP contribution in [0.2, 0.25) is 0 Å². The van der Waals surface area contributed by atoms with Crippen LogP contribution in [0.5, 0.6) is 0 Å². The molecule has 0 spiro atoms. The zero-order valence-electron chi connectivity index (χ0n) is 13.6. The Hall–Kier alpha value is -1.59. The summed E-state index contributed by atoms with van der Waals surface area (Å²) in [7, 11) is 0. The van der Waals surface area contributed by atoms with Gasteiger partial charge in [0.25, 0.3) is 0 Å². The van der Waals surface area contributed by atoms with E-state index in [0.717, 1.165) is 12.1 Å². The van der Waals surface area contributed by atoms with E-state index in [1.807, 2.05) is 18.2 Å². The Labute approximate surface area is 132 Å². The van der Waals surface area contributed by atoms with Crippen LogP contribution in [-0.2, 0) is 11.2 Å². The molecule has 0 aromatic heterocycles. The van der Waals surface area contributed by atoms with Gasteiger partial charge in [0.05, 0.1) is 25.4 Å². The number of nitrogens with zero attached hydrogens (tertiary/aromatic N) is 1. The molecule has 5 nitrogen and oxygen atoms in total. The van der Waals surface area contributed by atoms with Crippen LogP contribution in [0.4, 0.5) is 10.5 Å². The molecule has 1 aliphatic heterocycles. The quantitative estimate of drug-likeness (QED) is 0.898. The first-order chi connectivity index (χ1) is 10.5. The van der Waals surface area contributed by atoms with E-state index < -0.39 is 6.10 Å². The molecule has 1 aromatic rings. The maximum atomic E-state index is 12.5. The van der Waals surface area contributed by atoms with Gasteiger partial charge in [0.2, 0.25) is 0 Å². The lowest BCUT2D eigenvalue weighted by atomic mass is 10.1. The second kappa shape index (κ2) is 7.61. The van der Waals surface area contributed by atoms with Crippen molar-refractivity contribution in [3.8, 4) is 0 Å². The number of benzene rings is 1. The van der Waals surface area contributed by atoms with Crippen molar-refractivity contribution in [2.75, 3.05) is 25.1 Å². The molecule has 2 N–H and O–H groups in total. The number of hydrogen-bond donors (Lipinski definition) is 2. The normalized spacial score (nSPS) is 19.8. The number of aliphatic hydroxyl groups is 1. The summed E-state index contributed by atoms with van der Waals surface area (Å²) < 4.78 is 5.43. The van der Waals surface area contributed by atoms with Gasteiger partial charge < -0.3 is 20.1 Å². The summed E-state index contributed by atoms with van der Waals surface area (Å²) in [6, 6.07) is 5.78. The number of aliphatic hydroxyl groups excluding tert-OH is 1. The SMILES string of the molecule is CCc1cc(NC(=O)N2CCOC[C@@H]2C[C@H](C)O)ccc1C. The minimum Gasteiger partial charge on any atom is -0.393 e. The van der Waals surface area contributed by atoms with Crippen LogP contribution >= 0.6 is 0 Å². The number of ether oxygens (including phenoxy) is 1. The van der Waals surface area contributed by atoms with Crippen molar-refractivity contribution in [1.29, 1.82) is 0 Å². The molecule has 0 aliphatic carbocycles. The predicted octanol–water partition coefficient (Wildman–Crippen LogP) is 2.56. The minimum absolute atomic E-state index is 0.0788. The fraction of sp³-hybridized carbons (Fsp3) is 0.588. The third-order valence-electron chi connectivity index (χ3n) is 4.08. The van der Waals surface area contributed by atoms with Gasteiger partial charge in [-0.3, -0.25) is 0 Å². The molecular weight excluding hydrogens is 280 g/mol. The molecule has 22 heavy (non-hydrogen) atoms. The number of carbonyl (C=O) groups excluding carboxylic acids is 1. The van der Waals surface area contributed by atoms with E-state index in [1.165, 1.54) is 11.1 Å². The number of amides is 2. The Morgan fingerprint density at radius 2 is 2.32 bits per heavy atom. The standard InChI is InChI=1S/C17H26N2O3/c1-4-14-10-15(6-5-12(14)2)18-17(21)19-7-8-22-11-16(19)9-13(3)20/h5-6,10,13,16,20H,4,7-9,11H2,1-3H3,(H,18,21)/t13-,16-/m0/s1. The molecule has 122 valence electrons. The fourth-order valence-electron chi connectivity index (χ4n) is 2.84. The molecule has 0 radical (unpaired) electrons. The van der Waals surface area contributed by atoms with Crippen LogP contribution in [-0.4, -0.2) is 47.9 Å². The van der Waals surface area contributed by atoms with E-state index in [1.54, 1.807) is 11.8 Å². The second-order valence-electron chi connectivity index (χ2n) is 5.93. The van der Waals surface area contributed by atoms with Crippen molar-refractivity contribution in [2.24, 2.45) is 0 Å².